The second-order valence-electron chi connectivity index (χ2n) is 5.98. The van der Waals surface area contributed by atoms with Crippen LogP contribution in [0.15, 0.2) is 48.5 Å². The zero-order chi connectivity index (χ0) is 17.7. The third-order valence-corrected chi connectivity index (χ3v) is 3.84. The third kappa shape index (κ3) is 4.13. The largest absolute Gasteiger partial charge is 0.465 e. The van der Waals surface area contributed by atoms with Crippen LogP contribution in [0.4, 0.5) is 10.5 Å². The summed E-state index contributed by atoms with van der Waals surface area (Å²) in [4.78, 5) is 23.8. The van der Waals surface area contributed by atoms with Crippen LogP contribution in [0.1, 0.15) is 42.5 Å². The van der Waals surface area contributed by atoms with Crippen molar-refractivity contribution in [2.45, 2.75) is 32.7 Å². The van der Waals surface area contributed by atoms with Crippen LogP contribution in [-0.4, -0.2) is 17.1 Å². The zero-order valence-electron chi connectivity index (χ0n) is 14.0. The number of aryl methyl sites for hydroxylation is 1. The van der Waals surface area contributed by atoms with Crippen LogP contribution in [0.2, 0.25) is 0 Å². The molecule has 2 amide bonds. The van der Waals surface area contributed by atoms with Crippen molar-refractivity contribution in [3.05, 3.63) is 65.2 Å². The average Bonchev–Trinajstić information content (AvgIpc) is 2.54. The lowest BCUT2D eigenvalue weighted by Gasteiger charge is -2.21. The van der Waals surface area contributed by atoms with Gasteiger partial charge in [-0.15, -0.1) is 0 Å². The molecule has 0 aliphatic heterocycles. The standard InChI is InChI=1S/C19H22N2O3/c1-12(2)15-11-7-8-13(3)16(15)20-18(22)17(21-19(23)24)14-9-5-4-6-10-14/h4-12,17,21H,1-3H3,(H,20,22)(H,23,24). The third-order valence-electron chi connectivity index (χ3n) is 3.84. The highest BCUT2D eigenvalue weighted by Gasteiger charge is 2.24. The first-order chi connectivity index (χ1) is 11.4. The van der Waals surface area contributed by atoms with Crippen LogP contribution < -0.4 is 10.6 Å². The summed E-state index contributed by atoms with van der Waals surface area (Å²) in [5.41, 5.74) is 3.30. The van der Waals surface area contributed by atoms with Crippen molar-refractivity contribution < 1.29 is 14.7 Å². The lowest BCUT2D eigenvalue weighted by molar-refractivity contribution is -0.118. The summed E-state index contributed by atoms with van der Waals surface area (Å²) in [6.07, 6.45) is -1.24. The molecule has 0 saturated heterocycles. The second-order valence-corrected chi connectivity index (χ2v) is 5.98. The Balaban J connectivity index is 2.34. The SMILES string of the molecule is Cc1cccc(C(C)C)c1NC(=O)C(NC(=O)O)c1ccccc1. The molecule has 2 aromatic carbocycles. The van der Waals surface area contributed by atoms with Gasteiger partial charge in [0.2, 0.25) is 0 Å². The Hall–Kier alpha value is -2.82. The highest BCUT2D eigenvalue weighted by Crippen LogP contribution is 2.28. The first-order valence-electron chi connectivity index (χ1n) is 7.85. The number of nitrogens with one attached hydrogen (secondary N) is 2. The molecule has 0 radical (unpaired) electrons. The first kappa shape index (κ1) is 17.5. The number of benzene rings is 2. The predicted octanol–water partition coefficient (Wildman–Crippen LogP) is 4.07. The molecule has 0 aliphatic rings. The van der Waals surface area contributed by atoms with E-state index in [1.807, 2.05) is 31.2 Å². The summed E-state index contributed by atoms with van der Waals surface area (Å²) in [5.74, 6) is -0.164. The van der Waals surface area contributed by atoms with E-state index in [2.05, 4.69) is 24.5 Å². The van der Waals surface area contributed by atoms with Crippen molar-refractivity contribution >= 4 is 17.7 Å². The zero-order valence-corrected chi connectivity index (χ0v) is 14.0. The quantitative estimate of drug-likeness (QED) is 0.775. The molecule has 0 fully saturated rings. The first-order valence-corrected chi connectivity index (χ1v) is 7.85. The summed E-state index contributed by atoms with van der Waals surface area (Å²) in [6, 6.07) is 13.7. The number of carboxylic acid groups (broad SMARTS) is 1. The van der Waals surface area contributed by atoms with Crippen molar-refractivity contribution in [2.24, 2.45) is 0 Å². The Morgan fingerprint density at radius 2 is 1.67 bits per heavy atom. The lowest BCUT2D eigenvalue weighted by atomic mass is 9.97. The topological polar surface area (TPSA) is 78.4 Å². The summed E-state index contributed by atoms with van der Waals surface area (Å²) < 4.78 is 0. The van der Waals surface area contributed by atoms with Gasteiger partial charge in [0.15, 0.2) is 0 Å². The van der Waals surface area contributed by atoms with E-state index in [1.165, 1.54) is 0 Å². The molecule has 0 heterocycles. The van der Waals surface area contributed by atoms with Crippen molar-refractivity contribution in [3.8, 4) is 0 Å². The summed E-state index contributed by atoms with van der Waals surface area (Å²) in [7, 11) is 0. The molecule has 5 nitrogen and oxygen atoms in total. The van der Waals surface area contributed by atoms with Crippen molar-refractivity contribution in [1.29, 1.82) is 0 Å². The van der Waals surface area contributed by atoms with Crippen molar-refractivity contribution in [1.82, 2.24) is 5.32 Å². The molecule has 0 aliphatic carbocycles. The Bertz CT molecular complexity index is 727. The number of amides is 2. The van der Waals surface area contributed by atoms with E-state index in [0.717, 1.165) is 16.8 Å². The van der Waals surface area contributed by atoms with Crippen LogP contribution in [0, 0.1) is 6.92 Å². The van der Waals surface area contributed by atoms with Crippen LogP contribution in [-0.2, 0) is 4.79 Å². The molecule has 126 valence electrons. The number of para-hydroxylation sites is 1. The van der Waals surface area contributed by atoms with Crippen molar-refractivity contribution in [2.75, 3.05) is 5.32 Å². The smallest absolute Gasteiger partial charge is 0.405 e. The van der Waals surface area contributed by atoms with Gasteiger partial charge >= 0.3 is 6.09 Å². The maximum absolute atomic E-state index is 12.7. The van der Waals surface area contributed by atoms with Gasteiger partial charge in [0.05, 0.1) is 0 Å². The molecule has 3 N–H and O–H groups in total. The van der Waals surface area contributed by atoms with Crippen LogP contribution in [0.3, 0.4) is 0 Å². The Kier molecular flexibility index (Phi) is 5.58. The number of carbonyl (C=O) groups is 2. The number of anilines is 1. The van der Waals surface area contributed by atoms with Gasteiger partial charge in [0, 0.05) is 5.69 Å². The maximum Gasteiger partial charge on any atom is 0.405 e. The molecule has 2 rings (SSSR count). The van der Waals surface area contributed by atoms with Gasteiger partial charge < -0.3 is 15.7 Å². The molecule has 2 aromatic rings. The minimum atomic E-state index is -1.24. The fourth-order valence-electron chi connectivity index (χ4n) is 2.61. The van der Waals surface area contributed by atoms with Crippen LogP contribution >= 0.6 is 0 Å². The molecule has 0 saturated carbocycles. The van der Waals surface area contributed by atoms with Gasteiger partial charge in [-0.1, -0.05) is 62.4 Å². The van der Waals surface area contributed by atoms with Gasteiger partial charge in [0.1, 0.15) is 6.04 Å². The van der Waals surface area contributed by atoms with Gasteiger partial charge in [-0.2, -0.15) is 0 Å². The average molecular weight is 326 g/mol. The Morgan fingerprint density at radius 1 is 1.00 bits per heavy atom. The molecule has 0 aromatic heterocycles. The molecular formula is C19H22N2O3. The Morgan fingerprint density at radius 3 is 2.25 bits per heavy atom. The number of hydrogen-bond acceptors (Lipinski definition) is 2. The Labute approximate surface area is 141 Å². The summed E-state index contributed by atoms with van der Waals surface area (Å²) in [5, 5.41) is 14.3. The molecule has 0 spiro atoms. The molecule has 5 heteroatoms. The molecule has 1 unspecified atom stereocenters. The van der Waals surface area contributed by atoms with E-state index in [4.69, 9.17) is 5.11 Å². The monoisotopic (exact) mass is 326 g/mol. The van der Waals surface area contributed by atoms with Gasteiger partial charge in [-0.3, -0.25) is 4.79 Å². The molecule has 1 atom stereocenters. The summed E-state index contributed by atoms with van der Waals surface area (Å²) in [6.45, 7) is 6.02. The maximum atomic E-state index is 12.7. The second kappa shape index (κ2) is 7.64. The summed E-state index contributed by atoms with van der Waals surface area (Å²) >= 11 is 0. The molecule has 24 heavy (non-hydrogen) atoms. The van der Waals surface area contributed by atoms with Gasteiger partial charge in [-0.25, -0.2) is 4.79 Å². The van der Waals surface area contributed by atoms with E-state index >= 15 is 0 Å². The van der Waals surface area contributed by atoms with E-state index in [-0.39, 0.29) is 5.92 Å². The highest BCUT2D eigenvalue weighted by molar-refractivity contribution is 5.98. The van der Waals surface area contributed by atoms with Crippen LogP contribution in [0.25, 0.3) is 0 Å². The predicted molar refractivity (Wildman–Crippen MR) is 94.2 cm³/mol. The van der Waals surface area contributed by atoms with E-state index in [1.54, 1.807) is 24.3 Å². The number of carbonyl (C=O) groups excluding carboxylic acids is 1. The van der Waals surface area contributed by atoms with E-state index in [9.17, 15) is 9.59 Å². The number of hydrogen-bond donors (Lipinski definition) is 3. The minimum absolute atomic E-state index is 0.239. The van der Waals surface area contributed by atoms with Crippen LogP contribution in [0.5, 0.6) is 0 Å². The fourth-order valence-corrected chi connectivity index (χ4v) is 2.61. The van der Waals surface area contributed by atoms with E-state index in [0.29, 0.717) is 5.56 Å². The lowest BCUT2D eigenvalue weighted by Crippen LogP contribution is -2.36. The highest BCUT2D eigenvalue weighted by atomic mass is 16.4. The normalized spacial score (nSPS) is 11.8. The fraction of sp³-hybridized carbons (Fsp3) is 0.263. The minimum Gasteiger partial charge on any atom is -0.465 e. The van der Waals surface area contributed by atoms with Gasteiger partial charge in [0.25, 0.3) is 5.91 Å². The van der Waals surface area contributed by atoms with E-state index < -0.39 is 18.0 Å². The van der Waals surface area contributed by atoms with Gasteiger partial charge in [-0.05, 0) is 29.5 Å². The molecular weight excluding hydrogens is 304 g/mol. The number of rotatable bonds is 5. The van der Waals surface area contributed by atoms with Crippen molar-refractivity contribution in [3.63, 3.8) is 0 Å². The molecule has 0 bridgehead atoms.